The predicted molar refractivity (Wildman–Crippen MR) is 149 cm³/mol. The SMILES string of the molecule is C=C[C@H]1C[C@]1(NC(=O)[C@@H]1C[C@@H](Oc2cc(C(=O)C=[N+]=[N-])nc3cc(OC)ccc23)CN1C(=O)OC(C)(C)C)C(=O)OC. The van der Waals surface area contributed by atoms with E-state index in [2.05, 4.69) is 21.7 Å². The molecule has 1 aliphatic carbocycles. The molecule has 222 valence electrons. The number of fused-ring (bicyclic) bond motifs is 1. The highest BCUT2D eigenvalue weighted by Crippen LogP contribution is 2.45. The number of carbonyl (C=O) groups excluding carboxylic acids is 4. The molecule has 1 aliphatic heterocycles. The van der Waals surface area contributed by atoms with Crippen molar-refractivity contribution in [1.82, 2.24) is 15.2 Å². The number of methoxy groups -OCH3 is 2. The number of amides is 2. The van der Waals surface area contributed by atoms with Crippen LogP contribution in [-0.4, -0.2) is 88.7 Å². The molecule has 0 unspecified atom stereocenters. The minimum absolute atomic E-state index is 0.0234. The number of nitrogens with one attached hydrogen (secondary N) is 1. The maximum absolute atomic E-state index is 13.6. The zero-order valence-corrected chi connectivity index (χ0v) is 24.1. The fraction of sp³-hybridized carbons (Fsp3) is 0.448. The van der Waals surface area contributed by atoms with E-state index in [0.29, 0.717) is 29.3 Å². The maximum Gasteiger partial charge on any atom is 0.411 e. The normalized spacial score (nSPS) is 22.9. The van der Waals surface area contributed by atoms with E-state index in [1.807, 2.05) is 0 Å². The van der Waals surface area contributed by atoms with Crippen molar-refractivity contribution in [3.05, 3.63) is 48.1 Å². The Morgan fingerprint density at radius 3 is 2.55 bits per heavy atom. The number of hydrogen-bond donors (Lipinski definition) is 1. The molecule has 1 aromatic carbocycles. The summed E-state index contributed by atoms with van der Waals surface area (Å²) in [6, 6.07) is 5.38. The van der Waals surface area contributed by atoms with Gasteiger partial charge >= 0.3 is 18.3 Å². The molecule has 1 saturated heterocycles. The number of Topliss-reactive ketones (excluding diaryl/α,β-unsaturated/α-hetero) is 1. The molecule has 0 bridgehead atoms. The van der Waals surface area contributed by atoms with Crippen LogP contribution in [0.15, 0.2) is 36.9 Å². The molecular weight excluding hydrogens is 546 g/mol. The third-order valence-electron chi connectivity index (χ3n) is 7.09. The van der Waals surface area contributed by atoms with Gasteiger partial charge < -0.3 is 29.8 Å². The highest BCUT2D eigenvalue weighted by molar-refractivity contribution is 6.33. The van der Waals surface area contributed by atoms with Gasteiger partial charge in [-0.05, 0) is 39.3 Å². The van der Waals surface area contributed by atoms with Crippen molar-refractivity contribution in [1.29, 1.82) is 0 Å². The molecule has 13 nitrogen and oxygen atoms in total. The maximum atomic E-state index is 13.6. The number of esters is 1. The third kappa shape index (κ3) is 6.10. The van der Waals surface area contributed by atoms with Crippen LogP contribution in [0.3, 0.4) is 0 Å². The molecule has 1 N–H and O–H groups in total. The Kier molecular flexibility index (Phi) is 8.35. The van der Waals surface area contributed by atoms with Crippen LogP contribution < -0.4 is 14.8 Å². The van der Waals surface area contributed by atoms with Crippen molar-refractivity contribution in [2.45, 2.75) is 56.9 Å². The first-order chi connectivity index (χ1) is 19.8. The lowest BCUT2D eigenvalue weighted by molar-refractivity contribution is -0.147. The van der Waals surface area contributed by atoms with Gasteiger partial charge in [0, 0.05) is 29.9 Å². The Labute approximate surface area is 242 Å². The largest absolute Gasteiger partial charge is 0.497 e. The zero-order chi connectivity index (χ0) is 30.8. The number of hydrogen-bond acceptors (Lipinski definition) is 9. The molecule has 2 fully saturated rings. The fourth-order valence-electron chi connectivity index (χ4n) is 4.97. The fourth-order valence-corrected chi connectivity index (χ4v) is 4.97. The van der Waals surface area contributed by atoms with E-state index in [-0.39, 0.29) is 30.3 Å². The summed E-state index contributed by atoms with van der Waals surface area (Å²) in [5.41, 5.74) is 7.09. The second-order valence-electron chi connectivity index (χ2n) is 11.1. The lowest BCUT2D eigenvalue weighted by Crippen LogP contribution is -2.53. The predicted octanol–water partition coefficient (Wildman–Crippen LogP) is 2.72. The minimum atomic E-state index is -1.25. The van der Waals surface area contributed by atoms with E-state index < -0.39 is 47.0 Å². The summed E-state index contributed by atoms with van der Waals surface area (Å²) < 4.78 is 22.1. The summed E-state index contributed by atoms with van der Waals surface area (Å²) in [6.45, 7) is 8.83. The molecule has 1 saturated carbocycles. The van der Waals surface area contributed by atoms with Crippen LogP contribution in [-0.2, 0) is 19.1 Å². The number of nitrogens with zero attached hydrogens (tertiary/aromatic N) is 4. The molecule has 0 radical (unpaired) electrons. The van der Waals surface area contributed by atoms with Gasteiger partial charge in [0.2, 0.25) is 5.91 Å². The highest BCUT2D eigenvalue weighted by Gasteiger charge is 2.62. The van der Waals surface area contributed by atoms with Crippen LogP contribution >= 0.6 is 0 Å². The van der Waals surface area contributed by atoms with Gasteiger partial charge in [-0.15, -0.1) is 6.58 Å². The van der Waals surface area contributed by atoms with E-state index in [0.717, 1.165) is 0 Å². The van der Waals surface area contributed by atoms with Gasteiger partial charge in [0.15, 0.2) is 0 Å². The number of carbonyl (C=O) groups is 4. The Bertz CT molecular complexity index is 1490. The Hall–Kier alpha value is -4.77. The van der Waals surface area contributed by atoms with Gasteiger partial charge in [0.25, 0.3) is 5.78 Å². The van der Waals surface area contributed by atoms with Gasteiger partial charge in [-0.2, -0.15) is 4.79 Å². The smallest absolute Gasteiger partial charge is 0.411 e. The first kappa shape index (κ1) is 30.2. The highest BCUT2D eigenvalue weighted by atomic mass is 16.6. The lowest BCUT2D eigenvalue weighted by atomic mass is 10.1. The number of pyridine rings is 1. The van der Waals surface area contributed by atoms with Crippen molar-refractivity contribution >= 4 is 40.9 Å². The topological polar surface area (TPSA) is 170 Å². The average molecular weight is 580 g/mol. The van der Waals surface area contributed by atoms with Gasteiger partial charge in [-0.3, -0.25) is 14.5 Å². The van der Waals surface area contributed by atoms with Crippen LogP contribution in [0.2, 0.25) is 0 Å². The molecule has 2 heterocycles. The van der Waals surface area contributed by atoms with Crippen molar-refractivity contribution in [2.75, 3.05) is 20.8 Å². The second-order valence-corrected chi connectivity index (χ2v) is 11.1. The number of likely N-dealkylation sites (tertiary alicyclic amines) is 1. The molecule has 4 atom stereocenters. The number of rotatable bonds is 9. The van der Waals surface area contributed by atoms with Crippen molar-refractivity contribution in [3.63, 3.8) is 0 Å². The van der Waals surface area contributed by atoms with Crippen LogP contribution in [0, 0.1) is 5.92 Å². The summed E-state index contributed by atoms with van der Waals surface area (Å²) >= 11 is 0. The van der Waals surface area contributed by atoms with Crippen LogP contribution in [0.1, 0.15) is 44.1 Å². The molecule has 13 heteroatoms. The molecule has 2 aromatic rings. The summed E-state index contributed by atoms with van der Waals surface area (Å²) in [7, 11) is 2.73. The lowest BCUT2D eigenvalue weighted by Gasteiger charge is -2.28. The molecule has 0 spiro atoms. The monoisotopic (exact) mass is 579 g/mol. The molecule has 42 heavy (non-hydrogen) atoms. The van der Waals surface area contributed by atoms with Crippen LogP contribution in [0.5, 0.6) is 11.5 Å². The Morgan fingerprint density at radius 1 is 1.21 bits per heavy atom. The summed E-state index contributed by atoms with van der Waals surface area (Å²) in [5.74, 6) is -1.39. The number of benzene rings is 1. The van der Waals surface area contributed by atoms with Gasteiger partial charge in [-0.1, -0.05) is 6.08 Å². The number of aromatic nitrogens is 1. The van der Waals surface area contributed by atoms with Crippen molar-refractivity contribution < 1.29 is 42.9 Å². The quantitative estimate of drug-likeness (QED) is 0.117. The average Bonchev–Trinajstić information content (AvgIpc) is 3.49. The van der Waals surface area contributed by atoms with Gasteiger partial charge in [-0.25, -0.2) is 14.6 Å². The van der Waals surface area contributed by atoms with Crippen molar-refractivity contribution in [2.24, 2.45) is 5.92 Å². The molecule has 1 aromatic heterocycles. The standard InChI is InChI=1S/C29H33N5O8/c1-7-16-13-29(16,26(37)40-6)33-25(36)22-11-18(15-34(22)27(38)42-28(2,3)4)41-24-12-21(23(35)14-31-30)32-20-10-17(39-5)8-9-19(20)24/h7-10,12,14,16,18,22H,1,11,13,15H2,2-6H3,(H,33,36)/t16-,18+,22-,29+/m0/s1. The first-order valence-electron chi connectivity index (χ1n) is 13.3. The number of ketones is 1. The Morgan fingerprint density at radius 2 is 1.95 bits per heavy atom. The van der Waals surface area contributed by atoms with E-state index >= 15 is 0 Å². The van der Waals surface area contributed by atoms with E-state index in [9.17, 15) is 19.2 Å². The third-order valence-corrected chi connectivity index (χ3v) is 7.09. The van der Waals surface area contributed by atoms with Gasteiger partial charge in [0.05, 0.1) is 26.3 Å². The van der Waals surface area contributed by atoms with E-state index in [1.54, 1.807) is 45.0 Å². The van der Waals surface area contributed by atoms with Crippen molar-refractivity contribution in [3.8, 4) is 11.5 Å². The van der Waals surface area contributed by atoms with E-state index in [1.165, 1.54) is 25.2 Å². The van der Waals surface area contributed by atoms with Crippen LogP contribution in [0.25, 0.3) is 16.4 Å². The summed E-state index contributed by atoms with van der Waals surface area (Å²) in [6.07, 6.45) is 1.24. The first-order valence-corrected chi connectivity index (χ1v) is 13.3. The second kappa shape index (κ2) is 11.6. The zero-order valence-electron chi connectivity index (χ0n) is 24.1. The molecular formula is C29H33N5O8. The minimum Gasteiger partial charge on any atom is -0.497 e. The summed E-state index contributed by atoms with van der Waals surface area (Å²) in [4.78, 5) is 60.2. The molecule has 2 amide bonds. The summed E-state index contributed by atoms with van der Waals surface area (Å²) in [5, 5.41) is 3.32. The van der Waals surface area contributed by atoms with Gasteiger partial charge in [0.1, 0.15) is 40.5 Å². The van der Waals surface area contributed by atoms with E-state index in [4.69, 9.17) is 24.5 Å². The molecule has 4 rings (SSSR count). The Balaban J connectivity index is 1.67. The molecule has 2 aliphatic rings. The number of ether oxygens (including phenoxy) is 4. The van der Waals surface area contributed by atoms with Crippen LogP contribution in [0.4, 0.5) is 4.79 Å².